The second kappa shape index (κ2) is 7.45. The van der Waals surface area contributed by atoms with Crippen molar-refractivity contribution in [3.63, 3.8) is 0 Å². The summed E-state index contributed by atoms with van der Waals surface area (Å²) in [5.74, 6) is -0.0778. The number of benzene rings is 1. The van der Waals surface area contributed by atoms with Gasteiger partial charge >= 0.3 is 5.97 Å². The molecule has 0 fully saturated rings. The molecule has 4 nitrogen and oxygen atoms in total. The SMILES string of the molecule is CCOC(=O)/C(C#N)=C/c1ccc(OCC)c(Cl)c1. The first kappa shape index (κ1) is 15.1. The molecule has 0 saturated heterocycles. The fourth-order valence-electron chi connectivity index (χ4n) is 1.39. The van der Waals surface area contributed by atoms with Crippen LogP contribution in [0.4, 0.5) is 0 Å². The van der Waals surface area contributed by atoms with Gasteiger partial charge in [-0.25, -0.2) is 4.79 Å². The number of rotatable bonds is 5. The second-order valence-electron chi connectivity index (χ2n) is 3.51. The zero-order chi connectivity index (χ0) is 14.3. The van der Waals surface area contributed by atoms with Crippen molar-refractivity contribution in [1.29, 1.82) is 5.26 Å². The molecule has 0 unspecified atom stereocenters. The smallest absolute Gasteiger partial charge is 0.348 e. The largest absolute Gasteiger partial charge is 0.492 e. The van der Waals surface area contributed by atoms with E-state index in [1.54, 1.807) is 31.2 Å². The Morgan fingerprint density at radius 3 is 2.68 bits per heavy atom. The average molecular weight is 280 g/mol. The van der Waals surface area contributed by atoms with Gasteiger partial charge < -0.3 is 9.47 Å². The van der Waals surface area contributed by atoms with Gasteiger partial charge in [0.15, 0.2) is 0 Å². The number of carbonyl (C=O) groups is 1. The van der Waals surface area contributed by atoms with Crippen molar-refractivity contribution in [2.24, 2.45) is 0 Å². The van der Waals surface area contributed by atoms with Crippen molar-refractivity contribution in [2.45, 2.75) is 13.8 Å². The first-order valence-corrected chi connectivity index (χ1v) is 6.21. The van der Waals surface area contributed by atoms with Crippen molar-refractivity contribution < 1.29 is 14.3 Å². The molecule has 100 valence electrons. The van der Waals surface area contributed by atoms with E-state index in [1.807, 2.05) is 6.92 Å². The standard InChI is InChI=1S/C14H14ClNO3/c1-3-18-13-6-5-10(8-12(13)15)7-11(9-16)14(17)19-4-2/h5-8H,3-4H2,1-2H3/b11-7+. The Morgan fingerprint density at radius 1 is 1.42 bits per heavy atom. The molecule has 5 heteroatoms. The first-order chi connectivity index (χ1) is 9.12. The monoisotopic (exact) mass is 279 g/mol. The summed E-state index contributed by atoms with van der Waals surface area (Å²) in [4.78, 5) is 11.5. The Bertz CT molecular complexity index is 532. The van der Waals surface area contributed by atoms with E-state index in [0.717, 1.165) is 0 Å². The molecule has 0 atom stereocenters. The van der Waals surface area contributed by atoms with Gasteiger partial charge in [-0.1, -0.05) is 17.7 Å². The van der Waals surface area contributed by atoms with Gasteiger partial charge in [-0.2, -0.15) is 5.26 Å². The average Bonchev–Trinajstić information content (AvgIpc) is 2.39. The fraction of sp³-hybridized carbons (Fsp3) is 0.286. The highest BCUT2D eigenvalue weighted by Gasteiger charge is 2.10. The number of halogens is 1. The maximum Gasteiger partial charge on any atom is 0.348 e. The quantitative estimate of drug-likeness (QED) is 0.472. The van der Waals surface area contributed by atoms with Gasteiger partial charge in [0.2, 0.25) is 0 Å². The van der Waals surface area contributed by atoms with Crippen LogP contribution in [0.3, 0.4) is 0 Å². The van der Waals surface area contributed by atoms with Crippen LogP contribution < -0.4 is 4.74 Å². The molecule has 1 aromatic carbocycles. The highest BCUT2D eigenvalue weighted by atomic mass is 35.5. The Hall–Kier alpha value is -1.99. The molecule has 0 saturated carbocycles. The Labute approximate surface area is 117 Å². The minimum atomic E-state index is -0.644. The van der Waals surface area contributed by atoms with E-state index in [4.69, 9.17) is 26.3 Å². The predicted molar refractivity (Wildman–Crippen MR) is 72.8 cm³/mol. The van der Waals surface area contributed by atoms with Gasteiger partial charge in [0.25, 0.3) is 0 Å². The van der Waals surface area contributed by atoms with Crippen molar-refractivity contribution in [3.8, 4) is 11.8 Å². The lowest BCUT2D eigenvalue weighted by Crippen LogP contribution is -2.06. The van der Waals surface area contributed by atoms with Crippen LogP contribution in [0.1, 0.15) is 19.4 Å². The number of hydrogen-bond donors (Lipinski definition) is 0. The molecule has 0 heterocycles. The summed E-state index contributed by atoms with van der Waals surface area (Å²) in [6.07, 6.45) is 1.43. The molecule has 19 heavy (non-hydrogen) atoms. The molecule has 0 bridgehead atoms. The number of nitrogens with zero attached hydrogens (tertiary/aromatic N) is 1. The summed E-state index contributed by atoms with van der Waals surface area (Å²) in [5.41, 5.74) is 0.570. The number of ether oxygens (including phenoxy) is 2. The molecule has 0 aliphatic carbocycles. The van der Waals surface area contributed by atoms with Gasteiger partial charge in [-0.15, -0.1) is 0 Å². The maximum absolute atomic E-state index is 11.5. The normalized spacial score (nSPS) is 10.7. The minimum Gasteiger partial charge on any atom is -0.492 e. The van der Waals surface area contributed by atoms with E-state index in [-0.39, 0.29) is 12.2 Å². The molecule has 0 aliphatic rings. The lowest BCUT2D eigenvalue weighted by molar-refractivity contribution is -0.137. The lowest BCUT2D eigenvalue weighted by atomic mass is 10.1. The van der Waals surface area contributed by atoms with E-state index in [2.05, 4.69) is 0 Å². The summed E-state index contributed by atoms with van der Waals surface area (Å²) in [7, 11) is 0. The topological polar surface area (TPSA) is 59.3 Å². The van der Waals surface area contributed by atoms with Crippen LogP contribution in [-0.2, 0) is 9.53 Å². The fourth-order valence-corrected chi connectivity index (χ4v) is 1.64. The van der Waals surface area contributed by atoms with Gasteiger partial charge in [0.1, 0.15) is 17.4 Å². The second-order valence-corrected chi connectivity index (χ2v) is 3.92. The third-order valence-corrected chi connectivity index (χ3v) is 2.48. The molecule has 0 spiro atoms. The Kier molecular flexibility index (Phi) is 5.91. The van der Waals surface area contributed by atoms with Crippen molar-refractivity contribution in [1.82, 2.24) is 0 Å². The third-order valence-electron chi connectivity index (χ3n) is 2.18. The van der Waals surface area contributed by atoms with Gasteiger partial charge in [-0.05, 0) is 37.6 Å². The molecule has 0 amide bonds. The van der Waals surface area contributed by atoms with E-state index in [1.165, 1.54) is 6.08 Å². The number of hydrogen-bond acceptors (Lipinski definition) is 4. The summed E-state index contributed by atoms with van der Waals surface area (Å²) >= 11 is 6.02. The van der Waals surface area contributed by atoms with Crippen LogP contribution in [0.2, 0.25) is 5.02 Å². The molecular weight excluding hydrogens is 266 g/mol. The molecule has 0 aromatic heterocycles. The number of esters is 1. The van der Waals surface area contributed by atoms with Gasteiger partial charge in [0, 0.05) is 0 Å². The summed E-state index contributed by atoms with van der Waals surface area (Å²) in [5, 5.41) is 9.34. The van der Waals surface area contributed by atoms with Crippen LogP contribution in [-0.4, -0.2) is 19.2 Å². The zero-order valence-electron chi connectivity index (χ0n) is 10.8. The van der Waals surface area contributed by atoms with Crippen LogP contribution in [0.5, 0.6) is 5.75 Å². The Balaban J connectivity index is 3.00. The number of carbonyl (C=O) groups excluding carboxylic acids is 1. The van der Waals surface area contributed by atoms with Crippen molar-refractivity contribution in [2.75, 3.05) is 13.2 Å². The van der Waals surface area contributed by atoms with E-state index in [9.17, 15) is 4.79 Å². The van der Waals surface area contributed by atoms with Crippen molar-refractivity contribution in [3.05, 3.63) is 34.4 Å². The highest BCUT2D eigenvalue weighted by molar-refractivity contribution is 6.32. The summed E-state index contributed by atoms with van der Waals surface area (Å²) < 4.78 is 10.1. The van der Waals surface area contributed by atoms with E-state index in [0.29, 0.717) is 22.9 Å². The molecule has 1 rings (SSSR count). The Morgan fingerprint density at radius 2 is 2.16 bits per heavy atom. The molecular formula is C14H14ClNO3. The molecule has 0 aliphatic heterocycles. The number of nitriles is 1. The maximum atomic E-state index is 11.5. The third kappa shape index (κ3) is 4.31. The van der Waals surface area contributed by atoms with E-state index < -0.39 is 5.97 Å². The van der Waals surface area contributed by atoms with Crippen molar-refractivity contribution >= 4 is 23.6 Å². The molecule has 0 radical (unpaired) electrons. The predicted octanol–water partition coefficient (Wildman–Crippen LogP) is 3.21. The minimum absolute atomic E-state index is 0.0675. The van der Waals surface area contributed by atoms with Crippen LogP contribution in [0.15, 0.2) is 23.8 Å². The first-order valence-electron chi connectivity index (χ1n) is 5.83. The molecule has 1 aromatic rings. The van der Waals surface area contributed by atoms with E-state index >= 15 is 0 Å². The van der Waals surface area contributed by atoms with Gasteiger partial charge in [-0.3, -0.25) is 0 Å². The van der Waals surface area contributed by atoms with Crippen LogP contribution in [0, 0.1) is 11.3 Å². The lowest BCUT2D eigenvalue weighted by Gasteiger charge is -2.06. The highest BCUT2D eigenvalue weighted by Crippen LogP contribution is 2.26. The van der Waals surface area contributed by atoms with Crippen LogP contribution in [0.25, 0.3) is 6.08 Å². The van der Waals surface area contributed by atoms with Gasteiger partial charge in [0.05, 0.1) is 18.2 Å². The van der Waals surface area contributed by atoms with Crippen LogP contribution >= 0.6 is 11.6 Å². The molecule has 0 N–H and O–H groups in total. The summed E-state index contributed by atoms with van der Waals surface area (Å²) in [6.45, 7) is 4.28. The zero-order valence-corrected chi connectivity index (χ0v) is 11.5. The summed E-state index contributed by atoms with van der Waals surface area (Å²) in [6, 6.07) is 6.84.